The Bertz CT molecular complexity index is 599. The van der Waals surface area contributed by atoms with Gasteiger partial charge < -0.3 is 5.32 Å². The van der Waals surface area contributed by atoms with Crippen molar-refractivity contribution in [1.82, 2.24) is 20.1 Å². The number of hydrogen-bond donors (Lipinski definition) is 1. The lowest BCUT2D eigenvalue weighted by Gasteiger charge is -2.15. The molecule has 92 valence electrons. The fraction of sp³-hybridized carbons (Fsp3) is 0.250. The van der Waals surface area contributed by atoms with Gasteiger partial charge in [-0.1, -0.05) is 15.9 Å². The number of aromatic nitrogens is 3. The molecule has 0 fully saturated rings. The third-order valence-electron chi connectivity index (χ3n) is 2.73. The van der Waals surface area contributed by atoms with Gasteiger partial charge in [0.05, 0.1) is 5.69 Å². The minimum Gasteiger partial charge on any atom is -0.313 e. The molecule has 0 saturated carbocycles. The van der Waals surface area contributed by atoms with Crippen molar-refractivity contribution in [2.75, 3.05) is 7.05 Å². The van der Waals surface area contributed by atoms with Crippen molar-refractivity contribution < 1.29 is 0 Å². The van der Waals surface area contributed by atoms with Gasteiger partial charge in [-0.15, -0.1) is 5.10 Å². The van der Waals surface area contributed by atoms with Crippen LogP contribution in [0.5, 0.6) is 0 Å². The molecule has 1 N–H and O–H groups in total. The zero-order chi connectivity index (χ0) is 13.1. The maximum atomic E-state index is 8.76. The third kappa shape index (κ3) is 2.42. The fourth-order valence-corrected chi connectivity index (χ4v) is 2.05. The molecule has 18 heavy (non-hydrogen) atoms. The molecule has 1 aromatic carbocycles. The summed E-state index contributed by atoms with van der Waals surface area (Å²) in [5.41, 5.74) is 2.00. The molecule has 5 nitrogen and oxygen atoms in total. The number of hydrogen-bond acceptors (Lipinski definition) is 4. The van der Waals surface area contributed by atoms with E-state index in [1.165, 1.54) is 0 Å². The minimum absolute atomic E-state index is 0.168. The topological polar surface area (TPSA) is 66.5 Å². The SMILES string of the molecule is CNC(C)c1cc(Br)ccc1-n1cnc(C#N)n1. The quantitative estimate of drug-likeness (QED) is 0.944. The molecule has 0 bridgehead atoms. The molecule has 6 heteroatoms. The zero-order valence-corrected chi connectivity index (χ0v) is 11.6. The van der Waals surface area contributed by atoms with Gasteiger partial charge in [0.25, 0.3) is 5.82 Å². The molecule has 0 aliphatic rings. The molecule has 1 atom stereocenters. The summed E-state index contributed by atoms with van der Waals surface area (Å²) in [5, 5.41) is 16.1. The number of nitrogens with zero attached hydrogens (tertiary/aromatic N) is 4. The number of benzene rings is 1. The molecule has 0 spiro atoms. The highest BCUT2D eigenvalue weighted by atomic mass is 79.9. The van der Waals surface area contributed by atoms with Crippen molar-refractivity contribution in [3.05, 3.63) is 40.4 Å². The van der Waals surface area contributed by atoms with Crippen LogP contribution < -0.4 is 5.32 Å². The highest BCUT2D eigenvalue weighted by Crippen LogP contribution is 2.24. The van der Waals surface area contributed by atoms with Crippen LogP contribution in [0, 0.1) is 11.3 Å². The van der Waals surface area contributed by atoms with Gasteiger partial charge in [0, 0.05) is 10.5 Å². The second-order valence-electron chi connectivity index (χ2n) is 3.84. The highest BCUT2D eigenvalue weighted by Gasteiger charge is 2.12. The summed E-state index contributed by atoms with van der Waals surface area (Å²) in [5.74, 6) is 0.168. The van der Waals surface area contributed by atoms with Crippen LogP contribution in [-0.2, 0) is 0 Å². The van der Waals surface area contributed by atoms with Crippen LogP contribution in [-0.4, -0.2) is 21.8 Å². The lowest BCUT2D eigenvalue weighted by Crippen LogP contribution is -2.15. The van der Waals surface area contributed by atoms with E-state index in [1.807, 2.05) is 31.3 Å². The Kier molecular flexibility index (Phi) is 3.75. The van der Waals surface area contributed by atoms with Crippen molar-refractivity contribution >= 4 is 15.9 Å². The summed E-state index contributed by atoms with van der Waals surface area (Å²) in [4.78, 5) is 3.92. The Balaban J connectivity index is 2.53. The van der Waals surface area contributed by atoms with E-state index in [4.69, 9.17) is 5.26 Å². The summed E-state index contributed by atoms with van der Waals surface area (Å²) in [7, 11) is 1.90. The number of rotatable bonds is 3. The van der Waals surface area contributed by atoms with Crippen LogP contribution in [0.3, 0.4) is 0 Å². The molecule has 0 amide bonds. The van der Waals surface area contributed by atoms with E-state index in [1.54, 1.807) is 11.0 Å². The van der Waals surface area contributed by atoms with Crippen molar-refractivity contribution in [3.8, 4) is 11.8 Å². The van der Waals surface area contributed by atoms with Crippen molar-refractivity contribution in [3.63, 3.8) is 0 Å². The van der Waals surface area contributed by atoms with Gasteiger partial charge in [0.2, 0.25) is 0 Å². The van der Waals surface area contributed by atoms with Gasteiger partial charge in [-0.05, 0) is 37.7 Å². The molecular weight excluding hydrogens is 294 g/mol. The second-order valence-corrected chi connectivity index (χ2v) is 4.75. The molecule has 2 aromatic rings. The van der Waals surface area contributed by atoms with E-state index in [9.17, 15) is 0 Å². The predicted molar refractivity (Wildman–Crippen MR) is 71.2 cm³/mol. The van der Waals surface area contributed by atoms with Crippen LogP contribution in [0.15, 0.2) is 29.0 Å². The van der Waals surface area contributed by atoms with E-state index >= 15 is 0 Å². The Morgan fingerprint density at radius 3 is 2.89 bits per heavy atom. The zero-order valence-electron chi connectivity index (χ0n) is 10.1. The molecule has 0 aliphatic carbocycles. The minimum atomic E-state index is 0.168. The summed E-state index contributed by atoms with van der Waals surface area (Å²) >= 11 is 3.46. The number of halogens is 1. The van der Waals surface area contributed by atoms with Crippen molar-refractivity contribution in [1.29, 1.82) is 5.26 Å². The first-order valence-corrected chi connectivity index (χ1v) is 6.24. The second kappa shape index (κ2) is 5.29. The monoisotopic (exact) mass is 305 g/mol. The molecule has 2 rings (SSSR count). The third-order valence-corrected chi connectivity index (χ3v) is 3.22. The lowest BCUT2D eigenvalue weighted by atomic mass is 10.1. The summed E-state index contributed by atoms with van der Waals surface area (Å²) in [6.45, 7) is 2.06. The number of nitrogens with one attached hydrogen (secondary N) is 1. The largest absolute Gasteiger partial charge is 0.313 e. The van der Waals surface area contributed by atoms with Crippen LogP contribution >= 0.6 is 15.9 Å². The highest BCUT2D eigenvalue weighted by molar-refractivity contribution is 9.10. The van der Waals surface area contributed by atoms with Gasteiger partial charge in [-0.2, -0.15) is 5.26 Å². The first-order valence-electron chi connectivity index (χ1n) is 5.44. The van der Waals surface area contributed by atoms with E-state index in [0.717, 1.165) is 15.7 Å². The Morgan fingerprint density at radius 2 is 2.28 bits per heavy atom. The van der Waals surface area contributed by atoms with Gasteiger partial charge in [-0.3, -0.25) is 0 Å². The molecule has 1 aromatic heterocycles. The molecule has 1 heterocycles. The van der Waals surface area contributed by atoms with Crippen LogP contribution in [0.25, 0.3) is 5.69 Å². The van der Waals surface area contributed by atoms with Crippen molar-refractivity contribution in [2.24, 2.45) is 0 Å². The summed E-state index contributed by atoms with van der Waals surface area (Å²) in [6, 6.07) is 8.02. The summed E-state index contributed by atoms with van der Waals surface area (Å²) < 4.78 is 2.62. The molecule has 0 saturated heterocycles. The Labute approximate surface area is 114 Å². The molecule has 0 radical (unpaired) electrons. The average molecular weight is 306 g/mol. The summed E-state index contributed by atoms with van der Waals surface area (Å²) in [6.07, 6.45) is 1.55. The van der Waals surface area contributed by atoms with Gasteiger partial charge in [-0.25, -0.2) is 9.67 Å². The van der Waals surface area contributed by atoms with Crippen LogP contribution in [0.4, 0.5) is 0 Å². The smallest absolute Gasteiger partial charge is 0.252 e. The maximum absolute atomic E-state index is 8.76. The average Bonchev–Trinajstić information content (AvgIpc) is 2.86. The normalized spacial score (nSPS) is 12.1. The standard InChI is InChI=1S/C12H12BrN5/c1-8(15-2)10-5-9(13)3-4-11(10)18-7-16-12(6-14)17-18/h3-5,7-8,15H,1-2H3. The van der Waals surface area contributed by atoms with E-state index in [2.05, 4.69) is 38.3 Å². The van der Waals surface area contributed by atoms with Crippen LogP contribution in [0.2, 0.25) is 0 Å². The fourth-order valence-electron chi connectivity index (χ4n) is 1.67. The van der Waals surface area contributed by atoms with E-state index in [0.29, 0.717) is 0 Å². The first-order chi connectivity index (χ1) is 8.65. The van der Waals surface area contributed by atoms with E-state index < -0.39 is 0 Å². The van der Waals surface area contributed by atoms with Gasteiger partial charge >= 0.3 is 0 Å². The Hall–Kier alpha value is -1.71. The maximum Gasteiger partial charge on any atom is 0.252 e. The van der Waals surface area contributed by atoms with Crippen molar-refractivity contribution in [2.45, 2.75) is 13.0 Å². The first kappa shape index (κ1) is 12.7. The number of nitriles is 1. The molecule has 0 aliphatic heterocycles. The molecular formula is C12H12BrN5. The van der Waals surface area contributed by atoms with E-state index in [-0.39, 0.29) is 11.9 Å². The van der Waals surface area contributed by atoms with Gasteiger partial charge in [0.15, 0.2) is 0 Å². The molecule has 1 unspecified atom stereocenters. The predicted octanol–water partition coefficient (Wildman–Crippen LogP) is 2.18. The van der Waals surface area contributed by atoms with Gasteiger partial charge in [0.1, 0.15) is 12.4 Å². The van der Waals surface area contributed by atoms with Crippen LogP contribution in [0.1, 0.15) is 24.4 Å². The lowest BCUT2D eigenvalue weighted by molar-refractivity contribution is 0.643. The Morgan fingerprint density at radius 1 is 1.50 bits per heavy atom.